The predicted octanol–water partition coefficient (Wildman–Crippen LogP) is -6.79. The van der Waals surface area contributed by atoms with E-state index in [-0.39, 0.29) is 0 Å². The molecule has 35 heavy (non-hydrogen) atoms. The van der Waals surface area contributed by atoms with Gasteiger partial charge in [-0.15, -0.1) is 0 Å². The monoisotopic (exact) mass is 515 g/mol. The standard InChI is InChI=1S/C19H33NO15/c1-5(23)20-9-16(35-19-14(29)12(27)11(26)7(2-21)33-19)15(8(3-22)32-17(9)30)34-18-13(28)10(25)6(24)4-31-18/h6-19,21-22,24-30H,2-4H2,1H3,(H,20,23)/t6-,7-,8-,9-,10-,11+,12+,13+,14-,15-,16-,17?,18-,19+/m1/s1. The summed E-state index contributed by atoms with van der Waals surface area (Å²) in [5, 5.41) is 92.5. The summed E-state index contributed by atoms with van der Waals surface area (Å²) in [6, 6.07) is -1.41. The second kappa shape index (κ2) is 12.0. The normalized spacial score (nSPS) is 49.0. The Morgan fingerprint density at radius 3 is 2.00 bits per heavy atom. The average molecular weight is 515 g/mol. The molecule has 204 valence electrons. The maximum Gasteiger partial charge on any atom is 0.217 e. The molecule has 3 heterocycles. The summed E-state index contributed by atoms with van der Waals surface area (Å²) in [6.45, 7) is -0.817. The van der Waals surface area contributed by atoms with Gasteiger partial charge in [0.1, 0.15) is 67.1 Å². The molecular weight excluding hydrogens is 482 g/mol. The van der Waals surface area contributed by atoms with E-state index in [1.165, 1.54) is 0 Å². The largest absolute Gasteiger partial charge is 0.394 e. The summed E-state index contributed by atoms with van der Waals surface area (Å²) in [5.74, 6) is -0.645. The van der Waals surface area contributed by atoms with Crippen LogP contribution in [-0.2, 0) is 28.5 Å². The van der Waals surface area contributed by atoms with Gasteiger partial charge in [-0.1, -0.05) is 0 Å². The van der Waals surface area contributed by atoms with Gasteiger partial charge in [-0.2, -0.15) is 0 Å². The molecule has 0 aromatic rings. The van der Waals surface area contributed by atoms with Crippen molar-refractivity contribution in [3.63, 3.8) is 0 Å². The van der Waals surface area contributed by atoms with E-state index in [0.717, 1.165) is 6.92 Å². The first-order valence-electron chi connectivity index (χ1n) is 11.0. The van der Waals surface area contributed by atoms with E-state index in [0.29, 0.717) is 0 Å². The summed E-state index contributed by atoms with van der Waals surface area (Å²) in [4.78, 5) is 11.8. The third kappa shape index (κ3) is 6.08. The van der Waals surface area contributed by atoms with Crippen LogP contribution in [-0.4, -0.2) is 158 Å². The Bertz CT molecular complexity index is 699. The molecule has 1 amide bonds. The number of aliphatic hydroxyl groups excluding tert-OH is 9. The molecule has 3 aliphatic heterocycles. The molecule has 0 bridgehead atoms. The van der Waals surface area contributed by atoms with Crippen molar-refractivity contribution in [1.82, 2.24) is 5.32 Å². The molecule has 3 fully saturated rings. The van der Waals surface area contributed by atoms with E-state index < -0.39 is 112 Å². The molecular formula is C19H33NO15. The van der Waals surface area contributed by atoms with Crippen molar-refractivity contribution in [3.8, 4) is 0 Å². The van der Waals surface area contributed by atoms with Crippen LogP contribution in [0.1, 0.15) is 6.92 Å². The Kier molecular flexibility index (Phi) is 9.74. The third-order valence-corrected chi connectivity index (χ3v) is 6.10. The van der Waals surface area contributed by atoms with Crippen LogP contribution in [0.25, 0.3) is 0 Å². The summed E-state index contributed by atoms with van der Waals surface area (Å²) in [6.07, 6.45) is -20.9. The fraction of sp³-hybridized carbons (Fsp3) is 0.947. The van der Waals surface area contributed by atoms with Crippen LogP contribution in [0.4, 0.5) is 0 Å². The van der Waals surface area contributed by atoms with Gasteiger partial charge in [-0.3, -0.25) is 4.79 Å². The van der Waals surface area contributed by atoms with Gasteiger partial charge in [0.25, 0.3) is 0 Å². The Hall–Kier alpha value is -1.09. The van der Waals surface area contributed by atoms with E-state index in [4.69, 9.17) is 23.7 Å². The first kappa shape index (κ1) is 28.5. The molecule has 0 aliphatic carbocycles. The highest BCUT2D eigenvalue weighted by atomic mass is 16.7. The van der Waals surface area contributed by atoms with Gasteiger partial charge in [0.15, 0.2) is 18.9 Å². The number of hydrogen-bond donors (Lipinski definition) is 10. The van der Waals surface area contributed by atoms with Crippen LogP contribution in [0.2, 0.25) is 0 Å². The minimum atomic E-state index is -1.85. The Balaban J connectivity index is 1.90. The lowest BCUT2D eigenvalue weighted by Gasteiger charge is -2.49. The lowest BCUT2D eigenvalue weighted by atomic mass is 9.94. The highest BCUT2D eigenvalue weighted by Gasteiger charge is 2.53. The molecule has 3 saturated heterocycles. The van der Waals surface area contributed by atoms with Gasteiger partial charge >= 0.3 is 0 Å². The fourth-order valence-electron chi connectivity index (χ4n) is 4.17. The van der Waals surface area contributed by atoms with Crippen molar-refractivity contribution in [2.24, 2.45) is 0 Å². The minimum Gasteiger partial charge on any atom is -0.394 e. The molecule has 0 radical (unpaired) electrons. The molecule has 0 aromatic carbocycles. The van der Waals surface area contributed by atoms with Crippen LogP contribution in [0.3, 0.4) is 0 Å². The van der Waals surface area contributed by atoms with Crippen LogP contribution in [0.15, 0.2) is 0 Å². The lowest BCUT2D eigenvalue weighted by molar-refractivity contribution is -0.365. The van der Waals surface area contributed by atoms with Gasteiger partial charge < -0.3 is 75.0 Å². The zero-order valence-electron chi connectivity index (χ0n) is 18.7. The number of hydrogen-bond acceptors (Lipinski definition) is 15. The lowest BCUT2D eigenvalue weighted by Crippen LogP contribution is -2.69. The van der Waals surface area contributed by atoms with Crippen LogP contribution in [0, 0.1) is 0 Å². The van der Waals surface area contributed by atoms with Crippen molar-refractivity contribution >= 4 is 5.91 Å². The smallest absolute Gasteiger partial charge is 0.217 e. The molecule has 16 heteroatoms. The second-order valence-electron chi connectivity index (χ2n) is 8.62. The molecule has 0 spiro atoms. The average Bonchev–Trinajstić information content (AvgIpc) is 2.82. The van der Waals surface area contributed by atoms with Crippen molar-refractivity contribution in [3.05, 3.63) is 0 Å². The zero-order chi connectivity index (χ0) is 26.0. The third-order valence-electron chi connectivity index (χ3n) is 6.10. The van der Waals surface area contributed by atoms with E-state index in [9.17, 15) is 50.8 Å². The summed E-state index contributed by atoms with van der Waals surface area (Å²) >= 11 is 0. The van der Waals surface area contributed by atoms with E-state index in [1.54, 1.807) is 0 Å². The Morgan fingerprint density at radius 2 is 1.40 bits per heavy atom. The summed E-state index contributed by atoms with van der Waals surface area (Å²) in [7, 11) is 0. The number of aliphatic hydroxyl groups is 9. The number of nitrogens with one attached hydrogen (secondary N) is 1. The van der Waals surface area contributed by atoms with Gasteiger partial charge in [0, 0.05) is 6.92 Å². The fourth-order valence-corrected chi connectivity index (χ4v) is 4.17. The summed E-state index contributed by atoms with van der Waals surface area (Å²) < 4.78 is 27.3. The number of rotatable bonds is 7. The zero-order valence-corrected chi connectivity index (χ0v) is 18.7. The van der Waals surface area contributed by atoms with Crippen LogP contribution >= 0.6 is 0 Å². The molecule has 0 saturated carbocycles. The molecule has 1 unspecified atom stereocenters. The van der Waals surface area contributed by atoms with E-state index in [2.05, 4.69) is 5.32 Å². The first-order valence-corrected chi connectivity index (χ1v) is 11.0. The van der Waals surface area contributed by atoms with Crippen LogP contribution in [0.5, 0.6) is 0 Å². The highest BCUT2D eigenvalue weighted by Crippen LogP contribution is 2.32. The van der Waals surface area contributed by atoms with Crippen molar-refractivity contribution < 1.29 is 74.4 Å². The molecule has 10 N–H and O–H groups in total. The molecule has 3 aliphatic rings. The van der Waals surface area contributed by atoms with Crippen molar-refractivity contribution in [2.45, 2.75) is 92.9 Å². The molecule has 16 nitrogen and oxygen atoms in total. The first-order chi connectivity index (χ1) is 16.5. The highest BCUT2D eigenvalue weighted by molar-refractivity contribution is 5.73. The predicted molar refractivity (Wildman–Crippen MR) is 107 cm³/mol. The van der Waals surface area contributed by atoms with Crippen molar-refractivity contribution in [1.29, 1.82) is 0 Å². The van der Waals surface area contributed by atoms with Gasteiger partial charge in [-0.25, -0.2) is 0 Å². The van der Waals surface area contributed by atoms with Crippen molar-refractivity contribution in [2.75, 3.05) is 19.8 Å². The van der Waals surface area contributed by atoms with Gasteiger partial charge in [0.05, 0.1) is 19.8 Å². The second-order valence-corrected chi connectivity index (χ2v) is 8.62. The van der Waals surface area contributed by atoms with Gasteiger partial charge in [-0.05, 0) is 0 Å². The number of carbonyl (C=O) groups is 1. The van der Waals surface area contributed by atoms with E-state index >= 15 is 0 Å². The quantitative estimate of drug-likeness (QED) is 0.151. The Morgan fingerprint density at radius 1 is 0.800 bits per heavy atom. The number of amides is 1. The maximum absolute atomic E-state index is 11.8. The number of carbonyl (C=O) groups excluding carboxylic acids is 1. The topological polar surface area (TPSA) is 257 Å². The molecule has 0 aromatic heterocycles. The van der Waals surface area contributed by atoms with Gasteiger partial charge in [0.2, 0.25) is 5.91 Å². The Labute approximate surface area is 199 Å². The minimum absolute atomic E-state index is 0.420. The van der Waals surface area contributed by atoms with Crippen LogP contribution < -0.4 is 5.32 Å². The maximum atomic E-state index is 11.8. The number of ether oxygens (including phenoxy) is 5. The summed E-state index contributed by atoms with van der Waals surface area (Å²) in [5.41, 5.74) is 0. The molecule has 14 atom stereocenters. The van der Waals surface area contributed by atoms with E-state index in [1.807, 2.05) is 0 Å². The SMILES string of the molecule is CC(=O)N[C@H]1C(O)O[C@H](CO)[C@@H](O[C@H]2OC[C@@H](O)[C@@H](O)[C@@H]2O)[C@@H]1O[C@@H]1O[C@H](CO)[C@H](O)[C@H](O)[C@H]1O. The molecule has 3 rings (SSSR count).